The van der Waals surface area contributed by atoms with Gasteiger partial charge in [-0.3, -0.25) is 0 Å². The second kappa shape index (κ2) is 4.78. The molecule has 2 aromatic heterocycles. The Morgan fingerprint density at radius 3 is 2.50 bits per heavy atom. The van der Waals surface area contributed by atoms with E-state index in [1.165, 1.54) is 0 Å². The summed E-state index contributed by atoms with van der Waals surface area (Å²) in [5.41, 5.74) is 9.25. The average Bonchev–Trinajstić information content (AvgIpc) is 2.56. The predicted molar refractivity (Wildman–Crippen MR) is 79.2 cm³/mol. The highest BCUT2D eigenvalue weighted by Gasteiger charge is 2.12. The predicted octanol–water partition coefficient (Wildman–Crippen LogP) is 2.59. The van der Waals surface area contributed by atoms with Gasteiger partial charge in [0.25, 0.3) is 0 Å². The van der Waals surface area contributed by atoms with Crippen LogP contribution in [0.5, 0.6) is 0 Å². The van der Waals surface area contributed by atoms with Crippen molar-refractivity contribution in [1.29, 1.82) is 0 Å². The molecule has 0 amide bonds. The second-order valence-electron chi connectivity index (χ2n) is 4.12. The summed E-state index contributed by atoms with van der Waals surface area (Å²) < 4.78 is 2.77. The standard InChI is InChI=1S/C12H13BrN4S/c1-6-4-9(12(14)18)5-10(15-6)17-8(3)11(13)7(2)16-17/h4-5H,1-3H3,(H2,14,18). The van der Waals surface area contributed by atoms with Crippen molar-refractivity contribution >= 4 is 33.1 Å². The second-order valence-corrected chi connectivity index (χ2v) is 5.35. The first kappa shape index (κ1) is 13.2. The number of hydrogen-bond acceptors (Lipinski definition) is 3. The molecule has 0 aliphatic carbocycles. The quantitative estimate of drug-likeness (QED) is 0.863. The minimum absolute atomic E-state index is 0.363. The molecular formula is C12H13BrN4S. The first-order valence-electron chi connectivity index (χ1n) is 5.40. The van der Waals surface area contributed by atoms with Crippen LogP contribution in [0.3, 0.4) is 0 Å². The van der Waals surface area contributed by atoms with Crippen molar-refractivity contribution in [3.05, 3.63) is 39.3 Å². The Labute approximate surface area is 119 Å². The van der Waals surface area contributed by atoms with E-state index in [1.807, 2.05) is 32.9 Å². The zero-order valence-corrected chi connectivity index (χ0v) is 12.8. The van der Waals surface area contributed by atoms with Crippen molar-refractivity contribution in [3.8, 4) is 5.82 Å². The number of hydrogen-bond donors (Lipinski definition) is 1. The third kappa shape index (κ3) is 2.30. The highest BCUT2D eigenvalue weighted by atomic mass is 79.9. The van der Waals surface area contributed by atoms with Crippen LogP contribution in [0.4, 0.5) is 0 Å². The molecular weight excluding hydrogens is 312 g/mol. The Kier molecular flexibility index (Phi) is 3.49. The van der Waals surface area contributed by atoms with Gasteiger partial charge in [-0.05, 0) is 48.8 Å². The number of nitrogens with two attached hydrogens (primary N) is 1. The van der Waals surface area contributed by atoms with E-state index in [9.17, 15) is 0 Å². The molecule has 0 unspecified atom stereocenters. The smallest absolute Gasteiger partial charge is 0.154 e. The van der Waals surface area contributed by atoms with Gasteiger partial charge < -0.3 is 5.73 Å². The largest absolute Gasteiger partial charge is 0.389 e. The molecule has 6 heteroatoms. The lowest BCUT2D eigenvalue weighted by Gasteiger charge is -2.07. The van der Waals surface area contributed by atoms with E-state index in [2.05, 4.69) is 26.0 Å². The van der Waals surface area contributed by atoms with Crippen LogP contribution in [0.1, 0.15) is 22.6 Å². The molecule has 18 heavy (non-hydrogen) atoms. The molecule has 0 spiro atoms. The fourth-order valence-corrected chi connectivity index (χ4v) is 2.11. The third-order valence-corrected chi connectivity index (χ3v) is 4.03. The van der Waals surface area contributed by atoms with Gasteiger partial charge in [0.05, 0.1) is 15.9 Å². The highest BCUT2D eigenvalue weighted by molar-refractivity contribution is 9.10. The van der Waals surface area contributed by atoms with Crippen LogP contribution in [-0.4, -0.2) is 19.8 Å². The number of nitrogens with zero attached hydrogens (tertiary/aromatic N) is 3. The van der Waals surface area contributed by atoms with Crippen molar-refractivity contribution in [2.75, 3.05) is 0 Å². The molecule has 2 rings (SSSR count). The number of rotatable bonds is 2. The zero-order valence-electron chi connectivity index (χ0n) is 10.4. The van der Waals surface area contributed by atoms with Crippen LogP contribution in [0.15, 0.2) is 16.6 Å². The summed E-state index contributed by atoms with van der Waals surface area (Å²) in [4.78, 5) is 4.83. The van der Waals surface area contributed by atoms with Crippen molar-refractivity contribution in [3.63, 3.8) is 0 Å². The summed E-state index contributed by atoms with van der Waals surface area (Å²) in [6.45, 7) is 5.83. The molecule has 94 valence electrons. The summed E-state index contributed by atoms with van der Waals surface area (Å²) in [5.74, 6) is 0.726. The fraction of sp³-hybridized carbons (Fsp3) is 0.250. The maximum absolute atomic E-state index is 5.67. The molecule has 0 atom stereocenters. The normalized spacial score (nSPS) is 10.7. The summed E-state index contributed by atoms with van der Waals surface area (Å²) >= 11 is 8.51. The van der Waals surface area contributed by atoms with Crippen molar-refractivity contribution in [2.45, 2.75) is 20.8 Å². The van der Waals surface area contributed by atoms with E-state index < -0.39 is 0 Å². The number of aryl methyl sites for hydroxylation is 2. The SMILES string of the molecule is Cc1cc(C(N)=S)cc(-n2nc(C)c(Br)c2C)n1. The lowest BCUT2D eigenvalue weighted by Crippen LogP contribution is -2.12. The van der Waals surface area contributed by atoms with Crippen LogP contribution in [0.2, 0.25) is 0 Å². The molecule has 2 heterocycles. The molecule has 0 aliphatic heterocycles. The van der Waals surface area contributed by atoms with Gasteiger partial charge in [0.1, 0.15) is 4.99 Å². The monoisotopic (exact) mass is 324 g/mol. The van der Waals surface area contributed by atoms with Crippen LogP contribution in [0.25, 0.3) is 5.82 Å². The van der Waals surface area contributed by atoms with Crippen LogP contribution in [-0.2, 0) is 0 Å². The van der Waals surface area contributed by atoms with E-state index >= 15 is 0 Å². The average molecular weight is 325 g/mol. The molecule has 2 aromatic rings. The van der Waals surface area contributed by atoms with E-state index in [4.69, 9.17) is 18.0 Å². The fourth-order valence-electron chi connectivity index (χ4n) is 1.75. The molecule has 0 saturated heterocycles. The lowest BCUT2D eigenvalue weighted by molar-refractivity contribution is 0.801. The van der Waals surface area contributed by atoms with Gasteiger partial charge in [0.15, 0.2) is 5.82 Å². The molecule has 0 bridgehead atoms. The Bertz CT molecular complexity index is 633. The van der Waals surface area contributed by atoms with Gasteiger partial charge in [-0.25, -0.2) is 9.67 Å². The van der Waals surface area contributed by atoms with Gasteiger partial charge in [-0.1, -0.05) is 12.2 Å². The molecule has 4 nitrogen and oxygen atoms in total. The van der Waals surface area contributed by atoms with Gasteiger partial charge in [0.2, 0.25) is 0 Å². The lowest BCUT2D eigenvalue weighted by atomic mass is 10.2. The third-order valence-electron chi connectivity index (χ3n) is 2.64. The van der Waals surface area contributed by atoms with Gasteiger partial charge in [0, 0.05) is 11.3 Å². The number of aromatic nitrogens is 3. The van der Waals surface area contributed by atoms with Crippen LogP contribution in [0, 0.1) is 20.8 Å². The molecule has 2 N–H and O–H groups in total. The topological polar surface area (TPSA) is 56.7 Å². The summed E-state index contributed by atoms with van der Waals surface area (Å²) in [6, 6.07) is 3.72. The van der Waals surface area contributed by atoms with Gasteiger partial charge in [-0.2, -0.15) is 5.10 Å². The van der Waals surface area contributed by atoms with Crippen molar-refractivity contribution in [1.82, 2.24) is 14.8 Å². The van der Waals surface area contributed by atoms with Gasteiger partial charge in [-0.15, -0.1) is 0 Å². The molecule has 0 aromatic carbocycles. The Morgan fingerprint density at radius 2 is 2.00 bits per heavy atom. The molecule has 0 saturated carbocycles. The maximum atomic E-state index is 5.67. The van der Waals surface area contributed by atoms with E-state index in [0.29, 0.717) is 4.99 Å². The number of thiocarbonyl (C=S) groups is 1. The van der Waals surface area contributed by atoms with E-state index in [0.717, 1.165) is 32.9 Å². The summed E-state index contributed by atoms with van der Waals surface area (Å²) in [7, 11) is 0. The summed E-state index contributed by atoms with van der Waals surface area (Å²) in [5, 5.41) is 4.44. The minimum Gasteiger partial charge on any atom is -0.389 e. The molecule has 0 aliphatic rings. The van der Waals surface area contributed by atoms with E-state index in [1.54, 1.807) is 4.68 Å². The van der Waals surface area contributed by atoms with Crippen LogP contribution >= 0.6 is 28.1 Å². The first-order valence-corrected chi connectivity index (χ1v) is 6.61. The van der Waals surface area contributed by atoms with Crippen molar-refractivity contribution in [2.24, 2.45) is 5.73 Å². The maximum Gasteiger partial charge on any atom is 0.154 e. The molecule has 0 radical (unpaired) electrons. The minimum atomic E-state index is 0.363. The highest BCUT2D eigenvalue weighted by Crippen LogP contribution is 2.22. The number of pyridine rings is 1. The number of halogens is 1. The zero-order chi connectivity index (χ0) is 13.4. The molecule has 0 fully saturated rings. The van der Waals surface area contributed by atoms with Gasteiger partial charge >= 0.3 is 0 Å². The Balaban J connectivity index is 2.63. The Morgan fingerprint density at radius 1 is 1.33 bits per heavy atom. The first-order chi connectivity index (χ1) is 8.40. The van der Waals surface area contributed by atoms with Crippen LogP contribution < -0.4 is 5.73 Å². The summed E-state index contributed by atoms with van der Waals surface area (Å²) in [6.07, 6.45) is 0. The van der Waals surface area contributed by atoms with Crippen molar-refractivity contribution < 1.29 is 0 Å². The Hall–Kier alpha value is -1.27. The van der Waals surface area contributed by atoms with E-state index in [-0.39, 0.29) is 0 Å².